The zero-order valence-corrected chi connectivity index (χ0v) is 16.8. The van der Waals surface area contributed by atoms with Crippen LogP contribution in [-0.4, -0.2) is 11.4 Å². The normalized spacial score (nSPS) is 11.9. The van der Waals surface area contributed by atoms with Gasteiger partial charge in [0.05, 0.1) is 22.8 Å². The minimum absolute atomic E-state index is 0. The molecule has 2 aromatic rings. The van der Waals surface area contributed by atoms with E-state index in [1.807, 2.05) is 48.5 Å². The number of unbranched alkanes of at least 4 members (excludes halogenated alkanes) is 3. The second-order valence-corrected chi connectivity index (χ2v) is 5.95. The van der Waals surface area contributed by atoms with Gasteiger partial charge in [0.2, 0.25) is 0 Å². The summed E-state index contributed by atoms with van der Waals surface area (Å²) in [6.45, 7) is 4.40. The Morgan fingerprint density at radius 1 is 0.680 bits per heavy atom. The predicted molar refractivity (Wildman–Crippen MR) is 106 cm³/mol. The van der Waals surface area contributed by atoms with Crippen LogP contribution in [0.25, 0.3) is 0 Å². The van der Waals surface area contributed by atoms with Gasteiger partial charge < -0.3 is 0 Å². The van der Waals surface area contributed by atoms with Crippen LogP contribution in [0, 0.1) is 0 Å². The van der Waals surface area contributed by atoms with E-state index in [9.17, 15) is 0 Å². The van der Waals surface area contributed by atoms with E-state index < -0.39 is 0 Å². The molecule has 2 aromatic carbocycles. The Morgan fingerprint density at radius 2 is 1.20 bits per heavy atom. The Bertz CT molecular complexity index is 648. The van der Waals surface area contributed by atoms with Gasteiger partial charge >= 0.3 is 0 Å². The molecule has 0 aliphatic heterocycles. The number of benzene rings is 2. The Balaban J connectivity index is 0.00000312. The summed E-state index contributed by atoms with van der Waals surface area (Å²) in [5.41, 5.74) is 4.24. The topological polar surface area (TPSA) is 24.7 Å². The fourth-order valence-corrected chi connectivity index (χ4v) is 2.65. The van der Waals surface area contributed by atoms with Crippen LogP contribution in [0.3, 0.4) is 0 Å². The molecule has 0 saturated heterocycles. The molecule has 136 valence electrons. The molecule has 0 radical (unpaired) electrons. The molecule has 0 aromatic heterocycles. The van der Waals surface area contributed by atoms with Crippen molar-refractivity contribution in [3.63, 3.8) is 0 Å². The molecule has 0 spiro atoms. The van der Waals surface area contributed by atoms with Crippen LogP contribution >= 0.6 is 0 Å². The molecule has 0 bridgehead atoms. The van der Waals surface area contributed by atoms with Crippen LogP contribution in [0.4, 0.5) is 11.4 Å². The van der Waals surface area contributed by atoms with Gasteiger partial charge in [0.25, 0.3) is 0 Å². The molecule has 0 aliphatic carbocycles. The van der Waals surface area contributed by atoms with E-state index in [-0.39, 0.29) is 20.4 Å². The molecular weight excluding hydrogens is 399 g/mol. The van der Waals surface area contributed by atoms with Gasteiger partial charge in [-0.2, -0.15) is 0 Å². The summed E-state index contributed by atoms with van der Waals surface area (Å²) in [7, 11) is 0. The van der Waals surface area contributed by atoms with Crippen molar-refractivity contribution >= 4 is 22.8 Å². The smallest absolute Gasteiger partial charge is 0.0633 e. The van der Waals surface area contributed by atoms with Gasteiger partial charge in [0, 0.05) is 20.4 Å². The van der Waals surface area contributed by atoms with E-state index in [4.69, 9.17) is 9.98 Å². The first kappa shape index (κ1) is 21.5. The van der Waals surface area contributed by atoms with E-state index in [2.05, 4.69) is 26.0 Å². The van der Waals surface area contributed by atoms with Gasteiger partial charge in [-0.3, -0.25) is 9.98 Å². The molecule has 3 heteroatoms. The number of hydrogen-bond acceptors (Lipinski definition) is 2. The van der Waals surface area contributed by atoms with Gasteiger partial charge in [0.1, 0.15) is 0 Å². The first-order valence-electron chi connectivity index (χ1n) is 9.09. The summed E-state index contributed by atoms with van der Waals surface area (Å²) in [5.74, 6) is 0. The van der Waals surface area contributed by atoms with E-state index >= 15 is 0 Å². The number of aliphatic imine (C=N–C) groups is 2. The zero-order valence-electron chi connectivity index (χ0n) is 15.2. The third kappa shape index (κ3) is 7.91. The van der Waals surface area contributed by atoms with Crippen LogP contribution in [0.15, 0.2) is 70.6 Å². The van der Waals surface area contributed by atoms with E-state index in [0.717, 1.165) is 35.6 Å². The maximum atomic E-state index is 4.91. The molecule has 0 fully saturated rings. The van der Waals surface area contributed by atoms with E-state index in [1.54, 1.807) is 0 Å². The van der Waals surface area contributed by atoms with E-state index in [1.165, 1.54) is 25.7 Å². The molecule has 0 N–H and O–H groups in total. The first-order chi connectivity index (χ1) is 11.8. The molecule has 2 nitrogen and oxygen atoms in total. The molecule has 0 amide bonds. The number of para-hydroxylation sites is 2. The van der Waals surface area contributed by atoms with Gasteiger partial charge in [-0.05, 0) is 43.5 Å². The van der Waals surface area contributed by atoms with Gasteiger partial charge in [-0.1, -0.05) is 69.5 Å². The molecule has 0 atom stereocenters. The summed E-state index contributed by atoms with van der Waals surface area (Å²) in [5, 5.41) is 0. The molecule has 0 saturated carbocycles. The van der Waals surface area contributed by atoms with Crippen LogP contribution < -0.4 is 0 Å². The largest absolute Gasteiger partial charge is 0.252 e. The maximum absolute atomic E-state index is 4.91. The fraction of sp³-hybridized carbons (Fsp3) is 0.364. The second-order valence-electron chi connectivity index (χ2n) is 5.95. The van der Waals surface area contributed by atoms with Crippen molar-refractivity contribution in [2.45, 2.75) is 52.4 Å². The molecule has 0 heterocycles. The summed E-state index contributed by atoms with van der Waals surface area (Å²) in [6, 6.07) is 20.4. The third-order valence-electron chi connectivity index (χ3n) is 3.98. The summed E-state index contributed by atoms with van der Waals surface area (Å²) >= 11 is 0. The van der Waals surface area contributed by atoms with Crippen LogP contribution in [0.5, 0.6) is 0 Å². The minimum atomic E-state index is 0. The van der Waals surface area contributed by atoms with Crippen LogP contribution in [0.2, 0.25) is 0 Å². The minimum Gasteiger partial charge on any atom is -0.252 e. The van der Waals surface area contributed by atoms with Gasteiger partial charge in [-0.15, -0.1) is 0 Å². The van der Waals surface area contributed by atoms with Crippen molar-refractivity contribution in [1.82, 2.24) is 0 Å². The van der Waals surface area contributed by atoms with Gasteiger partial charge in [-0.25, -0.2) is 0 Å². The first-order valence-corrected chi connectivity index (χ1v) is 9.09. The fourth-order valence-electron chi connectivity index (χ4n) is 2.65. The quantitative estimate of drug-likeness (QED) is 0.236. The summed E-state index contributed by atoms with van der Waals surface area (Å²) < 4.78 is 0. The molecule has 0 unspecified atom stereocenters. The number of nitrogens with zero attached hydrogens (tertiary/aromatic N) is 2. The van der Waals surface area contributed by atoms with Crippen molar-refractivity contribution in [1.29, 1.82) is 0 Å². The van der Waals surface area contributed by atoms with Crippen molar-refractivity contribution < 1.29 is 20.4 Å². The number of rotatable bonds is 9. The van der Waals surface area contributed by atoms with Crippen LogP contribution in [0.1, 0.15) is 52.4 Å². The number of hydrogen-bond donors (Lipinski definition) is 0. The molecule has 2 rings (SSSR count). The van der Waals surface area contributed by atoms with Crippen molar-refractivity contribution in [3.05, 3.63) is 60.7 Å². The third-order valence-corrected chi connectivity index (χ3v) is 3.98. The summed E-state index contributed by atoms with van der Waals surface area (Å²) in [4.78, 5) is 9.77. The molecule has 0 aliphatic rings. The maximum Gasteiger partial charge on any atom is 0.0633 e. The zero-order chi connectivity index (χ0) is 17.0. The Hall–Kier alpha value is -1.56. The Kier molecular flexibility index (Phi) is 11.0. The second kappa shape index (κ2) is 12.8. The van der Waals surface area contributed by atoms with Crippen molar-refractivity contribution in [2.75, 3.05) is 0 Å². The Labute approximate surface area is 166 Å². The van der Waals surface area contributed by atoms with Crippen molar-refractivity contribution in [3.8, 4) is 0 Å². The SMILES string of the molecule is CCCCCCC(=N\c1ccccc1)/C(CC)=N/c1ccccc1.[Pd]. The average Bonchev–Trinajstić information content (AvgIpc) is 2.64. The molecular formula is C22H28N2Pd. The van der Waals surface area contributed by atoms with Crippen molar-refractivity contribution in [2.24, 2.45) is 9.98 Å². The summed E-state index contributed by atoms with van der Waals surface area (Å²) in [6.07, 6.45) is 6.86. The van der Waals surface area contributed by atoms with E-state index in [0.29, 0.717) is 0 Å². The average molecular weight is 427 g/mol. The molecule has 25 heavy (non-hydrogen) atoms. The van der Waals surface area contributed by atoms with Gasteiger partial charge in [0.15, 0.2) is 0 Å². The predicted octanol–water partition coefficient (Wildman–Crippen LogP) is 6.91. The Morgan fingerprint density at radius 3 is 1.68 bits per heavy atom. The standard InChI is InChI=1S/C22H28N2.Pd/c1-3-5-6-13-18-22(24-20-16-11-8-12-17-20)21(4-2)23-19-14-9-7-10-15-19;/h7-12,14-17H,3-6,13,18H2,1-2H3;/b23-21+,24-22+;. The van der Waals surface area contributed by atoms with Crippen LogP contribution in [-0.2, 0) is 20.4 Å². The monoisotopic (exact) mass is 426 g/mol.